The van der Waals surface area contributed by atoms with Gasteiger partial charge in [0.2, 0.25) is 23.5 Å². The number of rotatable bonds is 7. The van der Waals surface area contributed by atoms with E-state index >= 15 is 0 Å². The van der Waals surface area contributed by atoms with Crippen LogP contribution in [0, 0.1) is 5.92 Å². The second-order valence-corrected chi connectivity index (χ2v) is 5.64. The Balaban J connectivity index is 0.00000312. The maximum absolute atomic E-state index is 11.7. The topological polar surface area (TPSA) is 123 Å². The van der Waals surface area contributed by atoms with Gasteiger partial charge in [0.25, 0.3) is 0 Å². The Morgan fingerprint density at radius 3 is 2.52 bits per heavy atom. The molecule has 2 rings (SSSR count). The number of benzene rings is 1. The number of hydrogen-bond donors (Lipinski definition) is 3. The number of carbonyl (C=O) groups is 2. The third-order valence-electron chi connectivity index (χ3n) is 3.38. The quantitative estimate of drug-likeness (QED) is 0.667. The van der Waals surface area contributed by atoms with E-state index in [0.717, 1.165) is 5.56 Å². The summed E-state index contributed by atoms with van der Waals surface area (Å²) in [5, 5.41) is 8.94. The van der Waals surface area contributed by atoms with Gasteiger partial charge in [-0.2, -0.15) is 4.98 Å². The molecule has 2 amide bonds. The SMILES string of the molecule is CC(C)[C@H](N)C(=O)NCC(=O)NCc1nc(-c2ccccc2)no1.Cl. The van der Waals surface area contributed by atoms with Crippen LogP contribution in [0.25, 0.3) is 11.4 Å². The van der Waals surface area contributed by atoms with Gasteiger partial charge in [-0.05, 0) is 5.92 Å². The normalized spacial score (nSPS) is 11.5. The Bertz CT molecular complexity index is 690. The molecule has 1 aromatic carbocycles. The predicted octanol–water partition coefficient (Wildman–Crippen LogP) is 0.874. The van der Waals surface area contributed by atoms with Crippen LogP contribution in [-0.2, 0) is 16.1 Å². The number of nitrogens with two attached hydrogens (primary N) is 1. The molecule has 0 saturated carbocycles. The highest BCUT2D eigenvalue weighted by Gasteiger charge is 2.17. The van der Waals surface area contributed by atoms with E-state index in [2.05, 4.69) is 20.8 Å². The largest absolute Gasteiger partial charge is 0.346 e. The molecule has 2 aromatic rings. The van der Waals surface area contributed by atoms with Crippen molar-refractivity contribution in [2.45, 2.75) is 26.4 Å². The molecule has 9 heteroatoms. The molecule has 0 spiro atoms. The summed E-state index contributed by atoms with van der Waals surface area (Å²) < 4.78 is 5.08. The van der Waals surface area contributed by atoms with Crippen molar-refractivity contribution < 1.29 is 14.1 Å². The summed E-state index contributed by atoms with van der Waals surface area (Å²) in [5.74, 6) is 0.0226. The van der Waals surface area contributed by atoms with Crippen molar-refractivity contribution in [3.8, 4) is 11.4 Å². The van der Waals surface area contributed by atoms with E-state index in [-0.39, 0.29) is 49.1 Å². The molecule has 0 fully saturated rings. The Hall–Kier alpha value is -2.45. The maximum Gasteiger partial charge on any atom is 0.246 e. The van der Waals surface area contributed by atoms with Crippen LogP contribution >= 0.6 is 12.4 Å². The van der Waals surface area contributed by atoms with Crippen LogP contribution < -0.4 is 16.4 Å². The average molecular weight is 368 g/mol. The first-order chi connectivity index (χ1) is 11.5. The zero-order valence-corrected chi connectivity index (χ0v) is 14.9. The summed E-state index contributed by atoms with van der Waals surface area (Å²) >= 11 is 0. The molecule has 136 valence electrons. The highest BCUT2D eigenvalue weighted by atomic mass is 35.5. The zero-order chi connectivity index (χ0) is 17.5. The van der Waals surface area contributed by atoms with Gasteiger partial charge in [-0.15, -0.1) is 12.4 Å². The van der Waals surface area contributed by atoms with Crippen molar-refractivity contribution in [1.29, 1.82) is 0 Å². The van der Waals surface area contributed by atoms with Gasteiger partial charge in [-0.25, -0.2) is 0 Å². The van der Waals surface area contributed by atoms with E-state index in [1.54, 1.807) is 0 Å². The third-order valence-corrected chi connectivity index (χ3v) is 3.38. The second kappa shape index (κ2) is 9.75. The average Bonchev–Trinajstić information content (AvgIpc) is 3.06. The van der Waals surface area contributed by atoms with E-state index in [1.807, 2.05) is 44.2 Å². The summed E-state index contributed by atoms with van der Waals surface area (Å²) in [7, 11) is 0. The smallest absolute Gasteiger partial charge is 0.246 e. The van der Waals surface area contributed by atoms with Gasteiger partial charge in [0.15, 0.2) is 0 Å². The lowest BCUT2D eigenvalue weighted by Gasteiger charge is -2.14. The molecule has 0 unspecified atom stereocenters. The first-order valence-corrected chi connectivity index (χ1v) is 7.65. The van der Waals surface area contributed by atoms with Crippen LogP contribution in [0.1, 0.15) is 19.7 Å². The molecule has 1 aromatic heterocycles. The number of halogens is 1. The highest BCUT2D eigenvalue weighted by Crippen LogP contribution is 2.14. The van der Waals surface area contributed by atoms with Crippen LogP contribution in [0.15, 0.2) is 34.9 Å². The molecule has 8 nitrogen and oxygen atoms in total. The van der Waals surface area contributed by atoms with Gasteiger partial charge < -0.3 is 20.9 Å². The zero-order valence-electron chi connectivity index (χ0n) is 14.1. The molecular weight excluding hydrogens is 346 g/mol. The molecule has 0 saturated heterocycles. The molecular formula is C16H22ClN5O3. The summed E-state index contributed by atoms with van der Waals surface area (Å²) in [4.78, 5) is 27.6. The van der Waals surface area contributed by atoms with Crippen molar-refractivity contribution in [3.63, 3.8) is 0 Å². The molecule has 0 bridgehead atoms. The first-order valence-electron chi connectivity index (χ1n) is 7.65. The fraction of sp³-hybridized carbons (Fsp3) is 0.375. The molecule has 0 aliphatic heterocycles. The van der Waals surface area contributed by atoms with Crippen molar-refractivity contribution in [2.75, 3.05) is 6.54 Å². The lowest BCUT2D eigenvalue weighted by molar-refractivity contribution is -0.127. The lowest BCUT2D eigenvalue weighted by Crippen LogP contribution is -2.47. The number of aromatic nitrogens is 2. The minimum Gasteiger partial charge on any atom is -0.346 e. The third kappa shape index (κ3) is 6.17. The van der Waals surface area contributed by atoms with Crippen LogP contribution in [0.3, 0.4) is 0 Å². The Labute approximate surface area is 152 Å². The van der Waals surface area contributed by atoms with Crippen molar-refractivity contribution in [2.24, 2.45) is 11.7 Å². The van der Waals surface area contributed by atoms with Gasteiger partial charge in [0.05, 0.1) is 19.1 Å². The second-order valence-electron chi connectivity index (χ2n) is 5.64. The molecule has 4 N–H and O–H groups in total. The van der Waals surface area contributed by atoms with Crippen molar-refractivity contribution in [1.82, 2.24) is 20.8 Å². The van der Waals surface area contributed by atoms with Gasteiger partial charge in [-0.3, -0.25) is 9.59 Å². The Morgan fingerprint density at radius 2 is 1.88 bits per heavy atom. The summed E-state index contributed by atoms with van der Waals surface area (Å²) in [6.45, 7) is 3.61. The van der Waals surface area contributed by atoms with Crippen LogP contribution in [0.2, 0.25) is 0 Å². The molecule has 1 atom stereocenters. The van der Waals surface area contributed by atoms with Crippen molar-refractivity contribution >= 4 is 24.2 Å². The van der Waals surface area contributed by atoms with Crippen LogP contribution in [-0.4, -0.2) is 34.5 Å². The summed E-state index contributed by atoms with van der Waals surface area (Å²) in [6.07, 6.45) is 0. The monoisotopic (exact) mass is 367 g/mol. The van der Waals surface area contributed by atoms with E-state index in [0.29, 0.717) is 5.82 Å². The van der Waals surface area contributed by atoms with Gasteiger partial charge in [-0.1, -0.05) is 49.3 Å². The lowest BCUT2D eigenvalue weighted by atomic mass is 10.1. The number of nitrogens with zero attached hydrogens (tertiary/aromatic N) is 2. The molecule has 0 aliphatic carbocycles. The highest BCUT2D eigenvalue weighted by molar-refractivity contribution is 5.87. The Kier molecular flexibility index (Phi) is 8.03. The molecule has 0 radical (unpaired) electrons. The number of amides is 2. The van der Waals surface area contributed by atoms with Crippen molar-refractivity contribution in [3.05, 3.63) is 36.2 Å². The van der Waals surface area contributed by atoms with Gasteiger partial charge in [0.1, 0.15) is 0 Å². The summed E-state index contributed by atoms with van der Waals surface area (Å²) in [6, 6.07) is 8.73. The standard InChI is InChI=1S/C16H21N5O3.ClH/c1-10(2)14(17)16(23)19-8-12(22)18-9-13-20-15(21-24-13)11-6-4-3-5-7-11;/h3-7,10,14H,8-9,17H2,1-2H3,(H,18,22)(H,19,23);1H/t14-;/m0./s1. The first kappa shape index (κ1) is 20.6. The minimum absolute atomic E-state index is 0. The predicted molar refractivity (Wildman–Crippen MR) is 94.7 cm³/mol. The summed E-state index contributed by atoms with van der Waals surface area (Å²) in [5.41, 5.74) is 6.52. The molecule has 1 heterocycles. The van der Waals surface area contributed by atoms with E-state index in [9.17, 15) is 9.59 Å². The molecule has 25 heavy (non-hydrogen) atoms. The fourth-order valence-electron chi connectivity index (χ4n) is 1.86. The van der Waals surface area contributed by atoms with Gasteiger partial charge in [0, 0.05) is 5.56 Å². The Morgan fingerprint density at radius 1 is 1.20 bits per heavy atom. The van der Waals surface area contributed by atoms with E-state index in [4.69, 9.17) is 10.3 Å². The van der Waals surface area contributed by atoms with E-state index in [1.165, 1.54) is 0 Å². The number of nitrogens with one attached hydrogen (secondary N) is 2. The van der Waals surface area contributed by atoms with Crippen LogP contribution in [0.5, 0.6) is 0 Å². The molecule has 0 aliphatic rings. The van der Waals surface area contributed by atoms with E-state index < -0.39 is 6.04 Å². The maximum atomic E-state index is 11.7. The van der Waals surface area contributed by atoms with Crippen LogP contribution in [0.4, 0.5) is 0 Å². The minimum atomic E-state index is -0.637. The fourth-order valence-corrected chi connectivity index (χ4v) is 1.86. The number of hydrogen-bond acceptors (Lipinski definition) is 6. The number of carbonyl (C=O) groups excluding carboxylic acids is 2. The van der Waals surface area contributed by atoms with Gasteiger partial charge >= 0.3 is 0 Å².